The van der Waals surface area contributed by atoms with Crippen molar-refractivity contribution in [3.05, 3.63) is 63.5 Å². The highest BCUT2D eigenvalue weighted by Crippen LogP contribution is 2.29. The number of hydrogen-bond acceptors (Lipinski definition) is 7. The van der Waals surface area contributed by atoms with Gasteiger partial charge in [-0.05, 0) is 30.3 Å². The van der Waals surface area contributed by atoms with Crippen LogP contribution in [0.5, 0.6) is 5.75 Å². The number of aromatic nitrogens is 1. The zero-order valence-corrected chi connectivity index (χ0v) is 13.3. The van der Waals surface area contributed by atoms with Crippen LogP contribution >= 0.6 is 11.3 Å². The molecule has 0 saturated carbocycles. The third kappa shape index (κ3) is 3.56. The molecule has 0 aliphatic carbocycles. The zero-order chi connectivity index (χ0) is 18.0. The Morgan fingerprint density at radius 3 is 2.52 bits per heavy atom. The van der Waals surface area contributed by atoms with Crippen molar-refractivity contribution in [2.24, 2.45) is 0 Å². The smallest absolute Gasteiger partial charge is 0.335 e. The molecule has 0 amide bonds. The first-order valence-electron chi connectivity index (χ1n) is 6.96. The molecule has 0 spiro atoms. The molecule has 126 valence electrons. The van der Waals surface area contributed by atoms with E-state index in [1.165, 1.54) is 41.7 Å². The highest BCUT2D eigenvalue weighted by atomic mass is 32.1. The molecule has 8 nitrogen and oxygen atoms in total. The topological polar surface area (TPSA) is 128 Å². The van der Waals surface area contributed by atoms with E-state index in [0.29, 0.717) is 16.5 Å². The van der Waals surface area contributed by atoms with E-state index in [0.717, 1.165) is 5.56 Å². The first-order valence-corrected chi connectivity index (χ1v) is 7.84. The first-order chi connectivity index (χ1) is 11.9. The van der Waals surface area contributed by atoms with Gasteiger partial charge in [-0.2, -0.15) is 0 Å². The molecule has 1 aromatic heterocycles. The number of carbonyl (C=O) groups is 1. The average molecular weight is 356 g/mol. The molecule has 3 aromatic rings. The fourth-order valence-corrected chi connectivity index (χ4v) is 2.86. The van der Waals surface area contributed by atoms with Crippen LogP contribution in [0.25, 0.3) is 11.3 Å². The van der Waals surface area contributed by atoms with Crippen LogP contribution in [0, 0.1) is 10.1 Å². The van der Waals surface area contributed by atoms with Crippen LogP contribution in [-0.4, -0.2) is 21.0 Å². The lowest BCUT2D eigenvalue weighted by Crippen LogP contribution is -2.04. The molecular weight excluding hydrogens is 346 g/mol. The third-order valence-electron chi connectivity index (χ3n) is 3.34. The van der Waals surface area contributed by atoms with Gasteiger partial charge in [-0.3, -0.25) is 10.1 Å². The second kappa shape index (κ2) is 6.57. The number of anilines is 2. The largest absolute Gasteiger partial charge is 0.872 e. The van der Waals surface area contributed by atoms with Crippen molar-refractivity contribution >= 4 is 33.8 Å². The molecule has 0 unspecified atom stereocenters. The maximum atomic E-state index is 11.7. The fraction of sp³-hybridized carbons (Fsp3) is 0. The number of rotatable bonds is 5. The van der Waals surface area contributed by atoms with Gasteiger partial charge in [-0.15, -0.1) is 11.3 Å². The van der Waals surface area contributed by atoms with E-state index >= 15 is 0 Å². The number of aromatic carboxylic acids is 1. The first kappa shape index (κ1) is 16.4. The summed E-state index contributed by atoms with van der Waals surface area (Å²) in [6.07, 6.45) is 0. The van der Waals surface area contributed by atoms with Crippen molar-refractivity contribution in [1.82, 2.24) is 4.98 Å². The minimum Gasteiger partial charge on any atom is -0.872 e. The molecule has 0 fully saturated rings. The monoisotopic (exact) mass is 356 g/mol. The Labute approximate surface area is 145 Å². The quantitative estimate of drug-likeness (QED) is 0.530. The van der Waals surface area contributed by atoms with Gasteiger partial charge in [-0.1, -0.05) is 5.75 Å². The van der Waals surface area contributed by atoms with Crippen LogP contribution in [-0.2, 0) is 0 Å². The third-order valence-corrected chi connectivity index (χ3v) is 4.10. The molecule has 0 atom stereocenters. The number of carboxylic acids is 1. The molecule has 2 N–H and O–H groups in total. The summed E-state index contributed by atoms with van der Waals surface area (Å²) in [5, 5.41) is 36.4. The lowest BCUT2D eigenvalue weighted by molar-refractivity contribution is -0.384. The highest BCUT2D eigenvalue weighted by Gasteiger charge is 2.09. The Bertz CT molecular complexity index is 953. The number of nitro groups is 1. The molecule has 0 saturated heterocycles. The van der Waals surface area contributed by atoms with Gasteiger partial charge >= 0.3 is 5.97 Å². The van der Waals surface area contributed by atoms with Gasteiger partial charge < -0.3 is 15.5 Å². The van der Waals surface area contributed by atoms with Crippen molar-refractivity contribution in [1.29, 1.82) is 0 Å². The van der Waals surface area contributed by atoms with Gasteiger partial charge in [0.15, 0.2) is 5.13 Å². The van der Waals surface area contributed by atoms with Crippen LogP contribution in [0.3, 0.4) is 0 Å². The summed E-state index contributed by atoms with van der Waals surface area (Å²) in [6.45, 7) is 0. The van der Waals surface area contributed by atoms with Crippen LogP contribution in [0.1, 0.15) is 10.4 Å². The predicted molar refractivity (Wildman–Crippen MR) is 90.3 cm³/mol. The minimum absolute atomic E-state index is 0.00109. The van der Waals surface area contributed by atoms with Gasteiger partial charge in [0.25, 0.3) is 5.69 Å². The van der Waals surface area contributed by atoms with Crippen LogP contribution < -0.4 is 10.4 Å². The summed E-state index contributed by atoms with van der Waals surface area (Å²) in [6, 6.07) is 9.92. The van der Waals surface area contributed by atoms with Gasteiger partial charge in [0.1, 0.15) is 0 Å². The zero-order valence-electron chi connectivity index (χ0n) is 12.5. The second-order valence-electron chi connectivity index (χ2n) is 4.98. The standard InChI is InChI=1S/C16H11N3O5S/c20-14-7-10(3-6-12(14)15(21)22)17-16-18-13(8-25-16)9-1-4-11(5-2-9)19(23)24/h1-8,20H,(H,17,18)(H,21,22)/p-1. The number of nitrogens with zero attached hydrogens (tertiary/aromatic N) is 2. The molecule has 3 rings (SSSR count). The number of thiazole rings is 1. The SMILES string of the molecule is O=C(O)c1ccc(Nc2nc(-c3ccc([N+](=O)[O-])cc3)cs2)cc1[O-]. The second-order valence-corrected chi connectivity index (χ2v) is 5.84. The van der Waals surface area contributed by atoms with Crippen molar-refractivity contribution in [3.8, 4) is 17.0 Å². The van der Waals surface area contributed by atoms with Gasteiger partial charge in [0.2, 0.25) is 0 Å². The van der Waals surface area contributed by atoms with Gasteiger partial charge in [0, 0.05) is 28.8 Å². The van der Waals surface area contributed by atoms with Gasteiger partial charge in [-0.25, -0.2) is 9.78 Å². The van der Waals surface area contributed by atoms with Gasteiger partial charge in [0.05, 0.1) is 16.2 Å². The lowest BCUT2D eigenvalue weighted by Gasteiger charge is -2.12. The van der Waals surface area contributed by atoms with E-state index in [4.69, 9.17) is 5.11 Å². The van der Waals surface area contributed by atoms with Crippen molar-refractivity contribution in [2.45, 2.75) is 0 Å². The number of carboxylic acid groups (broad SMARTS) is 1. The van der Waals surface area contributed by atoms with E-state index in [1.807, 2.05) is 0 Å². The fourth-order valence-electron chi connectivity index (χ4n) is 2.12. The van der Waals surface area contributed by atoms with Crippen molar-refractivity contribution < 1.29 is 19.9 Å². The normalized spacial score (nSPS) is 10.4. The van der Waals surface area contributed by atoms with Crippen molar-refractivity contribution in [3.63, 3.8) is 0 Å². The molecule has 0 aliphatic heterocycles. The summed E-state index contributed by atoms with van der Waals surface area (Å²) in [5.74, 6) is -1.86. The Morgan fingerprint density at radius 2 is 1.92 bits per heavy atom. The summed E-state index contributed by atoms with van der Waals surface area (Å²) in [7, 11) is 0. The molecule has 25 heavy (non-hydrogen) atoms. The maximum Gasteiger partial charge on any atom is 0.335 e. The van der Waals surface area contributed by atoms with E-state index < -0.39 is 16.6 Å². The van der Waals surface area contributed by atoms with E-state index in [9.17, 15) is 20.0 Å². The minimum atomic E-state index is -1.27. The maximum absolute atomic E-state index is 11.7. The molecule has 1 heterocycles. The molecule has 2 aromatic carbocycles. The van der Waals surface area contributed by atoms with E-state index in [1.54, 1.807) is 17.5 Å². The average Bonchev–Trinajstić information content (AvgIpc) is 3.03. The number of nitro benzene ring substituents is 1. The molecule has 0 bridgehead atoms. The molecule has 0 aliphatic rings. The van der Waals surface area contributed by atoms with Crippen molar-refractivity contribution in [2.75, 3.05) is 5.32 Å². The lowest BCUT2D eigenvalue weighted by atomic mass is 10.1. The molecular formula is C16H10N3O5S-. The summed E-state index contributed by atoms with van der Waals surface area (Å²) in [4.78, 5) is 25.4. The Balaban J connectivity index is 1.78. The summed E-state index contributed by atoms with van der Waals surface area (Å²) >= 11 is 1.29. The predicted octanol–water partition coefficient (Wildman–Crippen LogP) is 3.23. The van der Waals surface area contributed by atoms with E-state index in [-0.39, 0.29) is 11.3 Å². The Hall–Kier alpha value is -3.46. The number of nitrogens with one attached hydrogen (secondary N) is 1. The number of benzene rings is 2. The van der Waals surface area contributed by atoms with Crippen LogP contribution in [0.15, 0.2) is 47.8 Å². The van der Waals surface area contributed by atoms with Crippen LogP contribution in [0.2, 0.25) is 0 Å². The van der Waals surface area contributed by atoms with Crippen LogP contribution in [0.4, 0.5) is 16.5 Å². The molecule has 0 radical (unpaired) electrons. The Kier molecular flexibility index (Phi) is 4.31. The van der Waals surface area contributed by atoms with E-state index in [2.05, 4.69) is 10.3 Å². The summed E-state index contributed by atoms with van der Waals surface area (Å²) < 4.78 is 0. The summed E-state index contributed by atoms with van der Waals surface area (Å²) in [5.41, 5.74) is 1.49. The Morgan fingerprint density at radius 1 is 1.20 bits per heavy atom. The number of hydrogen-bond donors (Lipinski definition) is 2. The molecule has 9 heteroatoms. The number of non-ortho nitro benzene ring substituents is 1. The highest BCUT2D eigenvalue weighted by molar-refractivity contribution is 7.14.